The van der Waals surface area contributed by atoms with Gasteiger partial charge in [0.25, 0.3) is 5.91 Å². The summed E-state index contributed by atoms with van der Waals surface area (Å²) in [6.07, 6.45) is 2.67. The first-order chi connectivity index (χ1) is 18.0. The first kappa shape index (κ1) is 23.0. The summed E-state index contributed by atoms with van der Waals surface area (Å²) in [6, 6.07) is 14.7. The lowest BCUT2D eigenvalue weighted by atomic mass is 10.1. The van der Waals surface area contributed by atoms with Crippen LogP contribution in [0.1, 0.15) is 17.4 Å². The number of H-pyrrole nitrogens is 1. The van der Waals surface area contributed by atoms with Crippen LogP contribution in [0, 0.1) is 17.5 Å². The number of fused-ring (bicyclic) bond motifs is 1. The van der Waals surface area contributed by atoms with Crippen molar-refractivity contribution in [3.8, 4) is 16.9 Å². The maximum Gasteiger partial charge on any atom is 0.250 e. The Labute approximate surface area is 209 Å². The maximum atomic E-state index is 14.7. The monoisotopic (exact) mass is 503 g/mol. The molecule has 186 valence electrons. The summed E-state index contributed by atoms with van der Waals surface area (Å²) in [4.78, 5) is 21.4. The van der Waals surface area contributed by atoms with E-state index < -0.39 is 17.9 Å². The molecule has 0 saturated carbocycles. The first-order valence-corrected chi connectivity index (χ1v) is 11.6. The molecule has 3 heterocycles. The topological polar surface area (TPSA) is 76.0 Å². The lowest BCUT2D eigenvalue weighted by Crippen LogP contribution is -2.31. The van der Waals surface area contributed by atoms with Gasteiger partial charge in [-0.1, -0.05) is 0 Å². The Bertz CT molecular complexity index is 1600. The molecule has 1 unspecified atom stereocenters. The molecule has 7 nitrogen and oxygen atoms in total. The highest BCUT2D eigenvalue weighted by Crippen LogP contribution is 2.35. The minimum absolute atomic E-state index is 0.142. The van der Waals surface area contributed by atoms with E-state index in [1.54, 1.807) is 41.2 Å². The number of amides is 1. The second-order valence-electron chi connectivity index (χ2n) is 8.72. The van der Waals surface area contributed by atoms with Crippen LogP contribution in [-0.4, -0.2) is 43.7 Å². The van der Waals surface area contributed by atoms with Crippen LogP contribution in [0.15, 0.2) is 73.2 Å². The van der Waals surface area contributed by atoms with Gasteiger partial charge in [0, 0.05) is 29.9 Å². The fraction of sp³-hybridized carbons (Fsp3) is 0.148. The van der Waals surface area contributed by atoms with E-state index >= 15 is 0 Å². The van der Waals surface area contributed by atoms with E-state index in [1.165, 1.54) is 41.6 Å². The van der Waals surface area contributed by atoms with E-state index in [0.29, 0.717) is 39.1 Å². The standard InChI is InChI=1S/C27H20F3N5O2/c28-18-3-1-16(2-4-18)26-21(13-35(33-26)20-7-5-19(29)6-8-20)27-34(25(36)14-37-27)10-9-17-11-23-24(12-22(17)30)32-15-31-23/h1-8,11-13,15,27H,9-10,14H2,(H,31,32). The van der Waals surface area contributed by atoms with Crippen LogP contribution in [-0.2, 0) is 16.0 Å². The van der Waals surface area contributed by atoms with Gasteiger partial charge in [-0.2, -0.15) is 5.10 Å². The average molecular weight is 503 g/mol. The van der Waals surface area contributed by atoms with Crippen LogP contribution in [0.4, 0.5) is 13.2 Å². The van der Waals surface area contributed by atoms with Gasteiger partial charge in [-0.15, -0.1) is 0 Å². The summed E-state index contributed by atoms with van der Waals surface area (Å²) >= 11 is 0. The number of nitrogens with zero attached hydrogens (tertiary/aromatic N) is 4. The maximum absolute atomic E-state index is 14.7. The van der Waals surface area contributed by atoms with E-state index in [2.05, 4.69) is 15.1 Å². The van der Waals surface area contributed by atoms with Gasteiger partial charge in [0.05, 0.1) is 23.0 Å². The molecule has 37 heavy (non-hydrogen) atoms. The molecule has 2 aromatic heterocycles. The van der Waals surface area contributed by atoms with E-state index in [4.69, 9.17) is 4.74 Å². The number of carbonyl (C=O) groups is 1. The van der Waals surface area contributed by atoms with Crippen molar-refractivity contribution in [3.63, 3.8) is 0 Å². The van der Waals surface area contributed by atoms with Gasteiger partial charge in [0.1, 0.15) is 29.8 Å². The molecular formula is C27H20F3N5O2. The summed E-state index contributed by atoms with van der Waals surface area (Å²) < 4.78 is 49.2. The van der Waals surface area contributed by atoms with Gasteiger partial charge < -0.3 is 14.6 Å². The highest BCUT2D eigenvalue weighted by molar-refractivity contribution is 5.80. The second-order valence-corrected chi connectivity index (χ2v) is 8.72. The highest BCUT2D eigenvalue weighted by Gasteiger charge is 2.36. The van der Waals surface area contributed by atoms with Gasteiger partial charge in [-0.05, 0) is 66.6 Å². The normalized spacial score (nSPS) is 15.7. The molecule has 5 aromatic rings. The number of benzene rings is 3. The number of carbonyl (C=O) groups excluding carboxylic acids is 1. The minimum atomic E-state index is -0.791. The SMILES string of the molecule is O=C1COC(c2cn(-c3ccc(F)cc3)nc2-c2ccc(F)cc2)N1CCc1cc2[nH]cnc2cc1F. The van der Waals surface area contributed by atoms with Crippen molar-refractivity contribution in [3.05, 3.63) is 102 Å². The number of halogens is 3. The fourth-order valence-electron chi connectivity index (χ4n) is 4.51. The second kappa shape index (κ2) is 9.21. The Morgan fingerprint density at radius 1 is 1.00 bits per heavy atom. The molecule has 1 aliphatic heterocycles. The Balaban J connectivity index is 1.35. The zero-order valence-electron chi connectivity index (χ0n) is 19.4. The molecule has 0 aliphatic carbocycles. The van der Waals surface area contributed by atoms with Crippen LogP contribution >= 0.6 is 0 Å². The molecule has 3 aromatic carbocycles. The van der Waals surface area contributed by atoms with Crippen molar-refractivity contribution in [2.24, 2.45) is 0 Å². The van der Waals surface area contributed by atoms with E-state index in [0.717, 1.165) is 0 Å². The summed E-state index contributed by atoms with van der Waals surface area (Å²) in [5.74, 6) is -1.42. The molecule has 0 bridgehead atoms. The van der Waals surface area contributed by atoms with Gasteiger partial charge in [0.2, 0.25) is 0 Å². The molecule has 1 N–H and O–H groups in total. The molecule has 0 radical (unpaired) electrons. The summed E-state index contributed by atoms with van der Waals surface area (Å²) in [5, 5.41) is 4.66. The lowest BCUT2D eigenvalue weighted by Gasteiger charge is -2.23. The summed E-state index contributed by atoms with van der Waals surface area (Å²) in [7, 11) is 0. The largest absolute Gasteiger partial charge is 0.345 e. The van der Waals surface area contributed by atoms with Gasteiger partial charge >= 0.3 is 0 Å². The van der Waals surface area contributed by atoms with Crippen molar-refractivity contribution in [2.75, 3.05) is 13.2 Å². The Kier molecular flexibility index (Phi) is 5.72. The minimum Gasteiger partial charge on any atom is -0.345 e. The van der Waals surface area contributed by atoms with Crippen LogP contribution < -0.4 is 0 Å². The molecule has 10 heteroatoms. The average Bonchev–Trinajstić information content (AvgIpc) is 3.62. The van der Waals surface area contributed by atoms with Crippen LogP contribution in [0.25, 0.3) is 28.0 Å². The highest BCUT2D eigenvalue weighted by atomic mass is 19.1. The van der Waals surface area contributed by atoms with Crippen molar-refractivity contribution < 1.29 is 22.7 Å². The van der Waals surface area contributed by atoms with E-state index in [1.807, 2.05) is 0 Å². The number of nitrogens with one attached hydrogen (secondary N) is 1. The van der Waals surface area contributed by atoms with Crippen LogP contribution in [0.5, 0.6) is 0 Å². The molecule has 1 amide bonds. The number of hydrogen-bond acceptors (Lipinski definition) is 4. The Morgan fingerprint density at radius 2 is 1.73 bits per heavy atom. The number of ether oxygens (including phenoxy) is 1. The number of hydrogen-bond donors (Lipinski definition) is 1. The van der Waals surface area contributed by atoms with Gasteiger partial charge in [-0.3, -0.25) is 4.79 Å². The summed E-state index contributed by atoms with van der Waals surface area (Å²) in [5.41, 5.74) is 3.95. The molecule has 1 aliphatic rings. The van der Waals surface area contributed by atoms with Gasteiger partial charge in [-0.25, -0.2) is 22.8 Å². The van der Waals surface area contributed by atoms with Crippen molar-refractivity contribution in [1.29, 1.82) is 0 Å². The van der Waals surface area contributed by atoms with Crippen molar-refractivity contribution >= 4 is 16.9 Å². The van der Waals surface area contributed by atoms with Crippen molar-refractivity contribution in [1.82, 2.24) is 24.6 Å². The third kappa shape index (κ3) is 4.36. The molecule has 1 atom stereocenters. The molecule has 0 spiro atoms. The molecular weight excluding hydrogens is 483 g/mol. The molecule has 6 rings (SSSR count). The molecule has 1 saturated heterocycles. The number of rotatable bonds is 6. The number of aromatic nitrogens is 4. The van der Waals surface area contributed by atoms with Crippen LogP contribution in [0.2, 0.25) is 0 Å². The third-order valence-electron chi connectivity index (χ3n) is 6.40. The number of aromatic amines is 1. The zero-order chi connectivity index (χ0) is 25.5. The third-order valence-corrected chi connectivity index (χ3v) is 6.40. The predicted molar refractivity (Wildman–Crippen MR) is 129 cm³/mol. The Hall–Kier alpha value is -4.44. The predicted octanol–water partition coefficient (Wildman–Crippen LogP) is 4.93. The van der Waals surface area contributed by atoms with Gasteiger partial charge in [0.15, 0.2) is 6.23 Å². The fourth-order valence-corrected chi connectivity index (χ4v) is 4.51. The first-order valence-electron chi connectivity index (χ1n) is 11.6. The number of imidazole rings is 1. The summed E-state index contributed by atoms with van der Waals surface area (Å²) in [6.45, 7) is 0.0575. The van der Waals surface area contributed by atoms with E-state index in [9.17, 15) is 18.0 Å². The van der Waals surface area contributed by atoms with E-state index in [-0.39, 0.29) is 31.3 Å². The van der Waals surface area contributed by atoms with Crippen molar-refractivity contribution in [2.45, 2.75) is 12.6 Å². The lowest BCUT2D eigenvalue weighted by molar-refractivity contribution is -0.128. The van der Waals surface area contributed by atoms with Crippen LogP contribution in [0.3, 0.4) is 0 Å². The quantitative estimate of drug-likeness (QED) is 0.357. The Morgan fingerprint density at radius 3 is 2.49 bits per heavy atom. The smallest absolute Gasteiger partial charge is 0.250 e. The zero-order valence-corrected chi connectivity index (χ0v) is 19.4. The molecule has 1 fully saturated rings.